The fraction of sp³-hybridized carbons (Fsp3) is 0.562. The van der Waals surface area contributed by atoms with Crippen LogP contribution in [0.3, 0.4) is 0 Å². The van der Waals surface area contributed by atoms with Gasteiger partial charge in [0.25, 0.3) is 0 Å². The van der Waals surface area contributed by atoms with Crippen molar-refractivity contribution in [3.63, 3.8) is 0 Å². The number of benzene rings is 1. The fourth-order valence-electron chi connectivity index (χ4n) is 2.76. The van der Waals surface area contributed by atoms with Crippen molar-refractivity contribution in [1.29, 1.82) is 0 Å². The first-order valence-electron chi connectivity index (χ1n) is 7.00. The van der Waals surface area contributed by atoms with Gasteiger partial charge in [0.1, 0.15) is 17.2 Å². The van der Waals surface area contributed by atoms with Crippen LogP contribution in [0.4, 0.5) is 9.18 Å². The van der Waals surface area contributed by atoms with E-state index < -0.39 is 17.1 Å². The van der Waals surface area contributed by atoms with Gasteiger partial charge in [-0.2, -0.15) is 0 Å². The molecule has 1 N–H and O–H groups in total. The lowest BCUT2D eigenvalue weighted by molar-refractivity contribution is 0.0169. The van der Waals surface area contributed by atoms with Crippen molar-refractivity contribution in [1.82, 2.24) is 4.90 Å². The summed E-state index contributed by atoms with van der Waals surface area (Å²) in [5.74, 6) is -0.343. The highest BCUT2D eigenvalue weighted by molar-refractivity contribution is 5.69. The van der Waals surface area contributed by atoms with Gasteiger partial charge in [-0.25, -0.2) is 9.18 Å². The Morgan fingerprint density at radius 2 is 2.00 bits per heavy atom. The van der Waals surface area contributed by atoms with Gasteiger partial charge in [0.2, 0.25) is 0 Å². The minimum absolute atomic E-state index is 0.00716. The average Bonchev–Trinajstić information content (AvgIpc) is 2.30. The molecule has 21 heavy (non-hydrogen) atoms. The van der Waals surface area contributed by atoms with Crippen LogP contribution in [0.15, 0.2) is 12.1 Å². The maximum absolute atomic E-state index is 14.1. The molecule has 0 saturated carbocycles. The standard InChI is InChI=1S/C16H22FNO3/c1-15(2,3)21-14(20)18-8-10-12(19)7-6-11(17)13(10)16(4,5)9-18/h6-7,19H,8-9H2,1-5H3. The number of phenols is 1. The maximum atomic E-state index is 14.1. The van der Waals surface area contributed by atoms with Crippen LogP contribution in [0.5, 0.6) is 5.75 Å². The summed E-state index contributed by atoms with van der Waals surface area (Å²) >= 11 is 0. The van der Waals surface area contributed by atoms with Crippen LogP contribution in [-0.2, 0) is 16.7 Å². The Kier molecular flexibility index (Phi) is 3.64. The summed E-state index contributed by atoms with van der Waals surface area (Å²) in [6.45, 7) is 9.59. The Labute approximate surface area is 124 Å². The molecule has 1 heterocycles. The predicted molar refractivity (Wildman–Crippen MR) is 77.7 cm³/mol. The lowest BCUT2D eigenvalue weighted by atomic mass is 9.78. The predicted octanol–water partition coefficient (Wildman–Crippen LogP) is 3.56. The quantitative estimate of drug-likeness (QED) is 0.796. The Hall–Kier alpha value is -1.78. The van der Waals surface area contributed by atoms with Crippen LogP contribution in [0, 0.1) is 5.82 Å². The molecule has 1 aliphatic heterocycles. The third-order valence-electron chi connectivity index (χ3n) is 3.50. The molecule has 0 spiro atoms. The van der Waals surface area contributed by atoms with Crippen LogP contribution >= 0.6 is 0 Å². The number of aromatic hydroxyl groups is 1. The lowest BCUT2D eigenvalue weighted by Gasteiger charge is -2.40. The summed E-state index contributed by atoms with van der Waals surface area (Å²) in [5.41, 5.74) is -0.252. The third-order valence-corrected chi connectivity index (χ3v) is 3.50. The number of nitrogens with zero attached hydrogens (tertiary/aromatic N) is 1. The van der Waals surface area contributed by atoms with E-state index >= 15 is 0 Å². The van der Waals surface area contributed by atoms with E-state index in [0.29, 0.717) is 17.7 Å². The topological polar surface area (TPSA) is 49.8 Å². The molecule has 1 aromatic carbocycles. The van der Waals surface area contributed by atoms with Crippen LogP contribution in [0.2, 0.25) is 0 Å². The summed E-state index contributed by atoms with van der Waals surface area (Å²) in [6, 6.07) is 2.59. The first kappa shape index (κ1) is 15.6. The molecule has 0 aliphatic carbocycles. The monoisotopic (exact) mass is 295 g/mol. The SMILES string of the molecule is CC(C)(C)OC(=O)N1Cc2c(O)ccc(F)c2C(C)(C)C1. The number of rotatable bonds is 0. The zero-order valence-corrected chi connectivity index (χ0v) is 13.2. The zero-order valence-electron chi connectivity index (χ0n) is 13.2. The van der Waals surface area contributed by atoms with Gasteiger partial charge >= 0.3 is 6.09 Å². The van der Waals surface area contributed by atoms with Crippen LogP contribution in [0.25, 0.3) is 0 Å². The van der Waals surface area contributed by atoms with Crippen molar-refractivity contribution in [3.05, 3.63) is 29.1 Å². The summed E-state index contributed by atoms with van der Waals surface area (Å²) in [5, 5.41) is 10.00. The molecular formula is C16H22FNO3. The first-order valence-corrected chi connectivity index (χ1v) is 7.00. The summed E-state index contributed by atoms with van der Waals surface area (Å²) in [4.78, 5) is 13.7. The van der Waals surface area contributed by atoms with Crippen molar-refractivity contribution in [2.24, 2.45) is 0 Å². The number of hydrogen-bond donors (Lipinski definition) is 1. The third kappa shape index (κ3) is 3.12. The second kappa shape index (κ2) is 4.90. The second-order valence-electron chi connectivity index (χ2n) is 7.14. The van der Waals surface area contributed by atoms with Gasteiger partial charge in [-0.15, -0.1) is 0 Å². The van der Waals surface area contributed by atoms with Gasteiger partial charge in [-0.3, -0.25) is 0 Å². The Balaban J connectivity index is 2.37. The average molecular weight is 295 g/mol. The number of ether oxygens (including phenoxy) is 1. The zero-order chi connectivity index (χ0) is 16.0. The smallest absolute Gasteiger partial charge is 0.410 e. The van der Waals surface area contributed by atoms with Crippen molar-refractivity contribution in [2.75, 3.05) is 6.54 Å². The van der Waals surface area contributed by atoms with Crippen molar-refractivity contribution in [3.8, 4) is 5.75 Å². The number of fused-ring (bicyclic) bond motifs is 1. The molecule has 0 bridgehead atoms. The number of amides is 1. The van der Waals surface area contributed by atoms with Gasteiger partial charge in [-0.05, 0) is 32.9 Å². The van der Waals surface area contributed by atoms with Gasteiger partial charge in [0, 0.05) is 23.1 Å². The molecule has 2 rings (SSSR count). The highest BCUT2D eigenvalue weighted by atomic mass is 19.1. The van der Waals surface area contributed by atoms with Gasteiger partial charge in [0.05, 0.1) is 6.54 Å². The normalized spacial score (nSPS) is 17.3. The van der Waals surface area contributed by atoms with Crippen LogP contribution in [0.1, 0.15) is 45.7 Å². The highest BCUT2D eigenvalue weighted by Crippen LogP contribution is 2.39. The number of carbonyl (C=O) groups excluding carboxylic acids is 1. The van der Waals surface area contributed by atoms with E-state index in [9.17, 15) is 14.3 Å². The van der Waals surface area contributed by atoms with E-state index in [1.807, 2.05) is 13.8 Å². The Bertz CT molecular complexity index is 576. The molecular weight excluding hydrogens is 273 g/mol. The first-order chi connectivity index (χ1) is 9.51. The molecule has 0 unspecified atom stereocenters. The highest BCUT2D eigenvalue weighted by Gasteiger charge is 2.38. The summed E-state index contributed by atoms with van der Waals surface area (Å²) in [6.07, 6.45) is -0.454. The van der Waals surface area contributed by atoms with Crippen LogP contribution < -0.4 is 0 Å². The minimum Gasteiger partial charge on any atom is -0.508 e. The van der Waals surface area contributed by atoms with Gasteiger partial charge in [0.15, 0.2) is 0 Å². The van der Waals surface area contributed by atoms with E-state index in [2.05, 4.69) is 0 Å². The van der Waals surface area contributed by atoms with Gasteiger partial charge in [-0.1, -0.05) is 13.8 Å². The molecule has 116 valence electrons. The number of carbonyl (C=O) groups is 1. The molecule has 0 atom stereocenters. The van der Waals surface area contributed by atoms with Crippen molar-refractivity contribution >= 4 is 6.09 Å². The molecule has 0 fully saturated rings. The molecule has 1 aromatic rings. The molecule has 5 heteroatoms. The summed E-state index contributed by atoms with van der Waals surface area (Å²) in [7, 11) is 0. The number of phenolic OH excluding ortho intramolecular Hbond substituents is 1. The maximum Gasteiger partial charge on any atom is 0.410 e. The molecule has 0 aromatic heterocycles. The van der Waals surface area contributed by atoms with Crippen molar-refractivity contribution in [2.45, 2.75) is 52.2 Å². The number of hydrogen-bond acceptors (Lipinski definition) is 3. The van der Waals surface area contributed by atoms with E-state index in [1.165, 1.54) is 17.0 Å². The molecule has 1 amide bonds. The molecule has 0 saturated heterocycles. The van der Waals surface area contributed by atoms with E-state index in [-0.39, 0.29) is 18.1 Å². The van der Waals surface area contributed by atoms with Crippen molar-refractivity contribution < 1.29 is 19.0 Å². The van der Waals surface area contributed by atoms with Crippen LogP contribution in [-0.4, -0.2) is 28.2 Å². The molecule has 0 radical (unpaired) electrons. The van der Waals surface area contributed by atoms with E-state index in [1.54, 1.807) is 20.8 Å². The fourth-order valence-corrected chi connectivity index (χ4v) is 2.76. The van der Waals surface area contributed by atoms with Gasteiger partial charge < -0.3 is 14.7 Å². The molecule has 1 aliphatic rings. The minimum atomic E-state index is -0.592. The largest absolute Gasteiger partial charge is 0.508 e. The Morgan fingerprint density at radius 3 is 2.57 bits per heavy atom. The Morgan fingerprint density at radius 1 is 1.38 bits per heavy atom. The number of halogens is 1. The molecule has 4 nitrogen and oxygen atoms in total. The lowest BCUT2D eigenvalue weighted by Crippen LogP contribution is -2.47. The summed E-state index contributed by atoms with van der Waals surface area (Å²) < 4.78 is 19.5. The van der Waals surface area contributed by atoms with E-state index in [0.717, 1.165) is 0 Å². The second-order valence-corrected chi connectivity index (χ2v) is 7.14. The van der Waals surface area contributed by atoms with E-state index in [4.69, 9.17) is 4.74 Å².